The minimum atomic E-state index is -1.44. The van der Waals surface area contributed by atoms with Crippen LogP contribution in [-0.2, 0) is 6.54 Å². The van der Waals surface area contributed by atoms with Crippen LogP contribution in [0.3, 0.4) is 0 Å². The molecule has 1 unspecified atom stereocenters. The number of rotatable bonds is 9. The van der Waals surface area contributed by atoms with Crippen LogP contribution in [0, 0.1) is 17.8 Å². The molecule has 0 radical (unpaired) electrons. The predicted molar refractivity (Wildman–Crippen MR) is 150 cm³/mol. The highest BCUT2D eigenvalue weighted by Crippen LogP contribution is 2.35. The summed E-state index contributed by atoms with van der Waals surface area (Å²) in [7, 11) is 0. The van der Waals surface area contributed by atoms with Gasteiger partial charge in [-0.3, -0.25) is 4.79 Å². The van der Waals surface area contributed by atoms with Gasteiger partial charge in [0.25, 0.3) is 0 Å². The van der Waals surface area contributed by atoms with Crippen molar-refractivity contribution in [3.05, 3.63) is 60.2 Å². The van der Waals surface area contributed by atoms with E-state index in [4.69, 9.17) is 15.8 Å². The van der Waals surface area contributed by atoms with Gasteiger partial charge in [-0.15, -0.1) is 6.58 Å². The molecule has 5 rings (SSSR count). The summed E-state index contributed by atoms with van der Waals surface area (Å²) < 4.78 is 1.95. The fraction of sp³-hybridized carbons (Fsp3) is 0.448. The quantitative estimate of drug-likeness (QED) is 0.151. The molecule has 0 bridgehead atoms. The van der Waals surface area contributed by atoms with E-state index in [0.717, 1.165) is 38.5 Å². The Morgan fingerprint density at radius 2 is 1.87 bits per heavy atom. The lowest BCUT2D eigenvalue weighted by Crippen LogP contribution is -2.32. The molecule has 2 heterocycles. The number of allylic oxidation sites excluding steroid dienone is 1. The highest BCUT2D eigenvalue weighted by Gasteiger charge is 2.30. The number of aliphatic imine (C=N–C) groups is 1. The van der Waals surface area contributed by atoms with Crippen molar-refractivity contribution in [1.29, 1.82) is 0 Å². The van der Waals surface area contributed by atoms with Crippen LogP contribution in [0.15, 0.2) is 48.0 Å². The first-order chi connectivity index (χ1) is 18.8. The number of amides is 1. The van der Waals surface area contributed by atoms with Crippen LogP contribution >= 0.6 is 0 Å². The van der Waals surface area contributed by atoms with Crippen molar-refractivity contribution in [3.63, 3.8) is 0 Å². The summed E-state index contributed by atoms with van der Waals surface area (Å²) in [5.74, 6) is 1.57. The molecule has 39 heavy (non-hydrogen) atoms. The highest BCUT2D eigenvalue weighted by atomic mass is 16.4. The van der Waals surface area contributed by atoms with Gasteiger partial charge in [-0.05, 0) is 63.2 Å². The van der Waals surface area contributed by atoms with Gasteiger partial charge in [0.05, 0.1) is 0 Å². The van der Waals surface area contributed by atoms with E-state index in [1.807, 2.05) is 28.8 Å². The number of amidine groups is 1. The lowest BCUT2D eigenvalue weighted by molar-refractivity contribution is 0.102. The molecule has 1 atom stereocenters. The third kappa shape index (κ3) is 5.69. The maximum atomic E-state index is 13.7. The van der Waals surface area contributed by atoms with Gasteiger partial charge in [-0.2, -0.15) is 4.99 Å². The number of nitrogens with one attached hydrogen (secondary N) is 1. The second-order valence-electron chi connectivity index (χ2n) is 10.7. The molecule has 1 aromatic carbocycles. The van der Waals surface area contributed by atoms with Crippen molar-refractivity contribution in [2.24, 2.45) is 28.5 Å². The number of carbonyl (C=O) groups is 2. The number of anilines is 1. The number of nitrogens with two attached hydrogens (primary N) is 1. The average Bonchev–Trinajstić information content (AvgIpc) is 3.26. The zero-order chi connectivity index (χ0) is 27.5. The molecule has 10 heteroatoms. The van der Waals surface area contributed by atoms with Crippen LogP contribution in [0.25, 0.3) is 11.2 Å². The first-order valence-corrected chi connectivity index (χ1v) is 13.7. The minimum Gasteiger partial charge on any atom is -0.463 e. The van der Waals surface area contributed by atoms with Gasteiger partial charge in [0, 0.05) is 18.2 Å². The fourth-order valence-corrected chi connectivity index (χ4v) is 5.61. The van der Waals surface area contributed by atoms with Crippen LogP contribution in [0.2, 0.25) is 0 Å². The Kier molecular flexibility index (Phi) is 7.72. The minimum absolute atomic E-state index is 0.0388. The molecule has 204 valence electrons. The molecule has 3 aromatic rings. The monoisotopic (exact) mass is 529 g/mol. The molecule has 2 fully saturated rings. The number of fused-ring (bicyclic) bond motifs is 1. The molecule has 1 amide bonds. The van der Waals surface area contributed by atoms with Crippen molar-refractivity contribution in [3.8, 4) is 0 Å². The summed E-state index contributed by atoms with van der Waals surface area (Å²) in [5.41, 5.74) is 7.40. The Bertz CT molecular complexity index is 1400. The normalized spacial score (nSPS) is 20.8. The number of nitrogens with zero attached hydrogens (tertiary/aromatic N) is 5. The smallest absolute Gasteiger partial charge is 0.433 e. The number of aromatic nitrogens is 4. The molecule has 2 aliphatic carbocycles. The van der Waals surface area contributed by atoms with E-state index in [-0.39, 0.29) is 35.0 Å². The van der Waals surface area contributed by atoms with E-state index in [1.54, 1.807) is 12.1 Å². The second kappa shape index (κ2) is 11.3. The van der Waals surface area contributed by atoms with Gasteiger partial charge in [0.15, 0.2) is 28.9 Å². The lowest BCUT2D eigenvalue weighted by atomic mass is 9.80. The number of imidazole rings is 1. The Labute approximate surface area is 227 Å². The summed E-state index contributed by atoms with van der Waals surface area (Å²) in [4.78, 5) is 42.2. The van der Waals surface area contributed by atoms with Crippen molar-refractivity contribution >= 4 is 34.7 Å². The van der Waals surface area contributed by atoms with Crippen molar-refractivity contribution in [2.75, 3.05) is 5.32 Å². The maximum absolute atomic E-state index is 13.7. The number of ketones is 1. The van der Waals surface area contributed by atoms with E-state index in [9.17, 15) is 9.59 Å². The molecule has 2 aliphatic rings. The summed E-state index contributed by atoms with van der Waals surface area (Å²) in [5, 5.41) is 12.7. The number of carbonyl (C=O) groups excluding carboxylic acids is 1. The van der Waals surface area contributed by atoms with Gasteiger partial charge >= 0.3 is 6.09 Å². The van der Waals surface area contributed by atoms with Gasteiger partial charge < -0.3 is 20.7 Å². The first kappa shape index (κ1) is 26.5. The number of hydrogen-bond acceptors (Lipinski definition) is 6. The second-order valence-corrected chi connectivity index (χ2v) is 10.7. The number of benzene rings is 1. The SMILES string of the molecule is C=CC1CCC(Cn2c(C(=O)c3ccccc3)nc3nc(C(N)=NC(=O)O)nc(NC(C)C4CCC4)c32)CC1. The Hall–Kier alpha value is -4.08. The number of carboxylic acid groups (broad SMARTS) is 1. The predicted octanol–water partition coefficient (Wildman–Crippen LogP) is 5.03. The zero-order valence-corrected chi connectivity index (χ0v) is 22.2. The third-order valence-electron chi connectivity index (χ3n) is 8.17. The largest absolute Gasteiger partial charge is 0.463 e. The molecule has 0 aliphatic heterocycles. The van der Waals surface area contributed by atoms with E-state index in [2.05, 4.69) is 33.8 Å². The molecule has 2 saturated carbocycles. The van der Waals surface area contributed by atoms with Crippen molar-refractivity contribution < 1.29 is 14.7 Å². The van der Waals surface area contributed by atoms with Crippen LogP contribution in [0.4, 0.5) is 10.6 Å². The summed E-state index contributed by atoms with van der Waals surface area (Å²) >= 11 is 0. The Balaban J connectivity index is 1.64. The van der Waals surface area contributed by atoms with Crippen LogP contribution in [0.5, 0.6) is 0 Å². The standard InChI is InChI=1S/C29H35N7O3/c1-3-18-12-14-19(15-13-18)16-36-22-25(31-17(2)20-10-7-11-20)33-27(24(30)32-29(38)39)34-26(22)35-28(36)23(37)21-8-5-4-6-9-21/h3-6,8-9,17-20H,1,7,10-16H2,2H3,(H2,30,32)(H,38,39)(H,31,33,34). The van der Waals surface area contributed by atoms with Gasteiger partial charge in [-0.1, -0.05) is 42.8 Å². The Morgan fingerprint density at radius 1 is 1.15 bits per heavy atom. The summed E-state index contributed by atoms with van der Waals surface area (Å²) in [6.07, 6.45) is 8.22. The van der Waals surface area contributed by atoms with Crippen LogP contribution in [-0.4, -0.2) is 48.4 Å². The number of hydrogen-bond donors (Lipinski definition) is 3. The third-order valence-corrected chi connectivity index (χ3v) is 8.17. The molecule has 4 N–H and O–H groups in total. The molecule has 0 saturated heterocycles. The maximum Gasteiger partial charge on any atom is 0.433 e. The van der Waals surface area contributed by atoms with E-state index < -0.39 is 6.09 Å². The van der Waals surface area contributed by atoms with Gasteiger partial charge in [-0.25, -0.2) is 19.7 Å². The van der Waals surface area contributed by atoms with Crippen molar-refractivity contribution in [2.45, 2.75) is 64.5 Å². The van der Waals surface area contributed by atoms with E-state index >= 15 is 0 Å². The highest BCUT2D eigenvalue weighted by molar-refractivity contribution is 6.09. The Morgan fingerprint density at radius 3 is 2.49 bits per heavy atom. The molecular formula is C29H35N7O3. The zero-order valence-electron chi connectivity index (χ0n) is 22.2. The molecule has 10 nitrogen and oxygen atoms in total. The van der Waals surface area contributed by atoms with E-state index in [0.29, 0.717) is 41.2 Å². The average molecular weight is 530 g/mol. The lowest BCUT2D eigenvalue weighted by Gasteiger charge is -2.32. The van der Waals surface area contributed by atoms with Gasteiger partial charge in [0.1, 0.15) is 5.52 Å². The molecule has 0 spiro atoms. The van der Waals surface area contributed by atoms with Gasteiger partial charge in [0.2, 0.25) is 5.78 Å². The van der Waals surface area contributed by atoms with E-state index in [1.165, 1.54) is 6.42 Å². The topological polar surface area (TPSA) is 148 Å². The summed E-state index contributed by atoms with van der Waals surface area (Å²) in [6.45, 7) is 6.67. The first-order valence-electron chi connectivity index (χ1n) is 13.7. The van der Waals surface area contributed by atoms with Crippen LogP contribution < -0.4 is 11.1 Å². The molecule has 2 aromatic heterocycles. The summed E-state index contributed by atoms with van der Waals surface area (Å²) in [6, 6.07) is 9.17. The fourth-order valence-electron chi connectivity index (χ4n) is 5.61. The molecular weight excluding hydrogens is 494 g/mol. The van der Waals surface area contributed by atoms with Crippen molar-refractivity contribution in [1.82, 2.24) is 19.5 Å². The van der Waals surface area contributed by atoms with Crippen LogP contribution in [0.1, 0.15) is 73.9 Å².